The number of hydrogen-bond donors (Lipinski definition) is 1. The van der Waals surface area contributed by atoms with Crippen molar-refractivity contribution in [3.63, 3.8) is 0 Å². The Balaban J connectivity index is 0.00000114. The van der Waals surface area contributed by atoms with Gasteiger partial charge in [-0.3, -0.25) is 4.79 Å². The first-order chi connectivity index (χ1) is 14.8. The lowest BCUT2D eigenvalue weighted by atomic mass is 10.0. The van der Waals surface area contributed by atoms with Gasteiger partial charge in [0, 0.05) is 5.56 Å². The maximum atomic E-state index is 13.9. The number of halogens is 1. The highest BCUT2D eigenvalue weighted by atomic mass is 32.2. The van der Waals surface area contributed by atoms with Gasteiger partial charge in [0.2, 0.25) is 17.4 Å². The van der Waals surface area contributed by atoms with Gasteiger partial charge in [-0.15, -0.1) is 0 Å². The summed E-state index contributed by atoms with van der Waals surface area (Å²) in [6, 6.07) is 10.4. The number of ketones is 1. The summed E-state index contributed by atoms with van der Waals surface area (Å²) in [5, 5.41) is 0. The predicted octanol–water partition coefficient (Wildman–Crippen LogP) is 1.87. The van der Waals surface area contributed by atoms with Gasteiger partial charge in [-0.25, -0.2) is 4.39 Å². The molecule has 1 unspecified atom stereocenters. The molecule has 0 saturated heterocycles. The van der Waals surface area contributed by atoms with E-state index in [0.29, 0.717) is 0 Å². The molecule has 0 aliphatic carbocycles. The smallest absolute Gasteiger partial charge is 0.373 e. The minimum atomic E-state index is -5.07. The second kappa shape index (κ2) is 9.13. The average molecular weight is 424 g/mol. The summed E-state index contributed by atoms with van der Waals surface area (Å²) in [4.78, 5) is 28.9. The number of benzene rings is 2. The summed E-state index contributed by atoms with van der Waals surface area (Å²) in [6.07, 6.45) is -2.32. The van der Waals surface area contributed by atoms with Gasteiger partial charge >= 0.3 is 16.3 Å². The molecule has 2 N–H and O–H groups in total. The number of Topliss-reactive ketones (excluding diaryl/α,β-unsaturated/α-hetero) is 1. The molecule has 0 fully saturated rings. The third-order valence-electron chi connectivity index (χ3n) is 3.49. The van der Waals surface area contributed by atoms with Crippen molar-refractivity contribution in [2.75, 3.05) is 0 Å². The maximum absolute atomic E-state index is 13.9. The molecule has 2 aromatic rings. The van der Waals surface area contributed by atoms with Gasteiger partial charge in [0.25, 0.3) is 0 Å². The van der Waals surface area contributed by atoms with Crippen molar-refractivity contribution in [1.82, 2.24) is 0 Å². The van der Waals surface area contributed by atoms with Gasteiger partial charge in [0.05, 0.1) is 4.11 Å². The Bertz CT molecular complexity index is 1210. The maximum Gasteiger partial charge on any atom is 0.373 e. The third kappa shape index (κ3) is 5.50. The van der Waals surface area contributed by atoms with Crippen LogP contribution in [0.25, 0.3) is 0 Å². The van der Waals surface area contributed by atoms with E-state index in [1.54, 1.807) is 6.07 Å². The fourth-order valence-electron chi connectivity index (χ4n) is 2.20. The van der Waals surface area contributed by atoms with Gasteiger partial charge < -0.3 is 14.7 Å². The van der Waals surface area contributed by atoms with Crippen molar-refractivity contribution in [3.05, 3.63) is 82.7 Å². The highest BCUT2D eigenvalue weighted by molar-refractivity contribution is 7.86. The van der Waals surface area contributed by atoms with Gasteiger partial charge in [0.1, 0.15) is 11.5 Å². The van der Waals surface area contributed by atoms with E-state index in [2.05, 4.69) is 4.18 Å². The zero-order valence-electron chi connectivity index (χ0n) is 17.8. The monoisotopic (exact) mass is 424 g/mol. The molecule has 152 valence electrons. The Kier molecular flexibility index (Phi) is 5.54. The second-order valence-electron chi connectivity index (χ2n) is 5.51. The molecule has 10 heteroatoms. The van der Waals surface area contributed by atoms with E-state index in [4.69, 9.17) is 24.2 Å². The highest BCUT2D eigenvalue weighted by Gasteiger charge is 2.39. The number of nitrogens with two attached hydrogens (primary N) is 1. The Morgan fingerprint density at radius 2 is 1.90 bits per heavy atom. The molecule has 0 bridgehead atoms. The van der Waals surface area contributed by atoms with Crippen molar-refractivity contribution in [1.29, 1.82) is 0 Å². The van der Waals surface area contributed by atoms with Crippen molar-refractivity contribution >= 4 is 22.1 Å². The van der Waals surface area contributed by atoms with E-state index >= 15 is 0 Å². The molecule has 0 radical (unpaired) electrons. The highest BCUT2D eigenvalue weighted by Crippen LogP contribution is 2.33. The van der Waals surface area contributed by atoms with E-state index < -0.39 is 45.1 Å². The first kappa shape index (κ1) is 17.6. The number of hydrogen-bond acceptors (Lipinski definition) is 8. The van der Waals surface area contributed by atoms with Crippen LogP contribution in [0, 0.1) is 12.7 Å². The Morgan fingerprint density at radius 3 is 2.48 bits per heavy atom. The Labute approximate surface area is 170 Å². The quantitative estimate of drug-likeness (QED) is 0.720. The number of rotatable bonds is 5. The lowest BCUT2D eigenvalue weighted by Gasteiger charge is -2.10. The molecule has 3 rings (SSSR count). The van der Waals surface area contributed by atoms with Gasteiger partial charge in [-0.1, -0.05) is 42.5 Å². The van der Waals surface area contributed by atoms with Crippen LogP contribution in [0.3, 0.4) is 0 Å². The summed E-state index contributed by atoms with van der Waals surface area (Å²) in [5.74, 6) is -3.86. The SMILES string of the molecule is O=C=O.[2H]C1(c2ccc(C)c(F)c2)OC(N)=C(OS(=O)(=O)C([2H])([2H])c2ccccc2)C1=O. The van der Waals surface area contributed by atoms with Crippen LogP contribution >= 0.6 is 0 Å². The van der Waals surface area contributed by atoms with Crippen molar-refractivity contribution in [2.45, 2.75) is 18.7 Å². The van der Waals surface area contributed by atoms with E-state index in [1.165, 1.54) is 43.3 Å². The van der Waals surface area contributed by atoms with E-state index in [9.17, 15) is 17.6 Å². The fraction of sp³-hybridized carbons (Fsp3) is 0.158. The summed E-state index contributed by atoms with van der Waals surface area (Å²) in [6.45, 7) is 1.48. The molecule has 1 heterocycles. The van der Waals surface area contributed by atoms with E-state index in [0.717, 1.165) is 6.07 Å². The third-order valence-corrected chi connectivity index (χ3v) is 4.36. The summed E-state index contributed by atoms with van der Waals surface area (Å²) >= 11 is 0. The minimum Gasteiger partial charge on any atom is -0.460 e. The Morgan fingerprint density at radius 1 is 1.28 bits per heavy atom. The summed E-state index contributed by atoms with van der Waals surface area (Å²) < 4.78 is 72.7. The number of aryl methyl sites for hydroxylation is 1. The molecule has 1 atom stereocenters. The number of ether oxygens (including phenoxy) is 1. The van der Waals surface area contributed by atoms with Crippen molar-refractivity contribution in [2.24, 2.45) is 5.73 Å². The molecule has 29 heavy (non-hydrogen) atoms. The fourth-order valence-corrected chi connectivity index (χ4v) is 3.05. The van der Waals surface area contributed by atoms with Crippen LogP contribution in [-0.2, 0) is 39.1 Å². The molecule has 2 aromatic carbocycles. The van der Waals surface area contributed by atoms with E-state index in [1.807, 2.05) is 0 Å². The number of carbonyl (C=O) groups is 1. The molecule has 1 aliphatic rings. The topological polar surface area (TPSA) is 130 Å². The van der Waals surface area contributed by atoms with E-state index in [-0.39, 0.29) is 22.8 Å². The Hall–Kier alpha value is -3.49. The molecule has 0 spiro atoms. The van der Waals surface area contributed by atoms with Crippen LogP contribution in [0.2, 0.25) is 0 Å². The van der Waals surface area contributed by atoms with Gasteiger partial charge in [-0.2, -0.15) is 18.0 Å². The lowest BCUT2D eigenvalue weighted by molar-refractivity contribution is -0.191. The zero-order valence-corrected chi connectivity index (χ0v) is 15.7. The zero-order chi connectivity index (χ0) is 24.3. The molecule has 0 saturated carbocycles. The van der Waals surface area contributed by atoms with Crippen LogP contribution in [0.5, 0.6) is 0 Å². The standard InChI is InChI=1S/C18H16FNO5S.CO2/c1-11-7-8-13(9-14(11)19)16-15(21)17(18(20)24-16)25-26(22,23)10-12-5-3-2-4-6-12;2-1-3/h2-9,16H,10,20H2,1H3;/i10D2,16D;. The average Bonchev–Trinajstić information content (AvgIpc) is 2.95. The summed E-state index contributed by atoms with van der Waals surface area (Å²) in [5.41, 5.74) is 2.33. The molecule has 0 amide bonds. The predicted molar refractivity (Wildman–Crippen MR) is 96.3 cm³/mol. The molecule has 1 aliphatic heterocycles. The van der Waals surface area contributed by atoms with Crippen LogP contribution in [-0.4, -0.2) is 20.4 Å². The van der Waals surface area contributed by atoms with Gasteiger partial charge in [0.15, 0.2) is 6.08 Å². The molecule has 0 aromatic heterocycles. The molecular formula is C19H16FNO7S. The lowest BCUT2D eigenvalue weighted by Crippen LogP contribution is -2.16. The van der Waals surface area contributed by atoms with Gasteiger partial charge in [-0.05, 0) is 24.1 Å². The van der Waals surface area contributed by atoms with Crippen LogP contribution in [0.4, 0.5) is 4.39 Å². The first-order valence-electron chi connectivity index (χ1n) is 9.31. The van der Waals surface area contributed by atoms with Crippen molar-refractivity contribution < 1.29 is 40.2 Å². The summed E-state index contributed by atoms with van der Waals surface area (Å²) in [7, 11) is -5.07. The normalized spacial score (nSPS) is 20.3. The van der Waals surface area contributed by atoms with Crippen LogP contribution < -0.4 is 5.73 Å². The first-order valence-corrected chi connectivity index (χ1v) is 9.21. The molecule has 8 nitrogen and oxygen atoms in total. The molecular weight excluding hydrogens is 405 g/mol. The second-order valence-corrected chi connectivity index (χ2v) is 6.79. The van der Waals surface area contributed by atoms with Crippen molar-refractivity contribution in [3.8, 4) is 0 Å². The minimum absolute atomic E-state index is 0.226. The largest absolute Gasteiger partial charge is 0.460 e. The van der Waals surface area contributed by atoms with Crippen LogP contribution in [0.1, 0.15) is 26.9 Å². The number of carbonyl (C=O) groups excluding carboxylic acids is 3. The van der Waals surface area contributed by atoms with Crippen LogP contribution in [0.15, 0.2) is 60.2 Å².